The minimum absolute atomic E-state index is 0.0604. The van der Waals surface area contributed by atoms with E-state index in [0.29, 0.717) is 34.7 Å². The number of fused-ring (bicyclic) bond motifs is 2. The third-order valence-corrected chi connectivity index (χ3v) is 5.36. The lowest BCUT2D eigenvalue weighted by Crippen LogP contribution is -2.14. The number of aromatic nitrogens is 3. The van der Waals surface area contributed by atoms with Crippen LogP contribution in [0.1, 0.15) is 33.7 Å². The first-order valence-electron chi connectivity index (χ1n) is 9.33. The molecule has 0 aliphatic carbocycles. The molecule has 7 heteroatoms. The number of hydrogen-bond acceptors (Lipinski definition) is 5. The van der Waals surface area contributed by atoms with E-state index in [9.17, 15) is 9.59 Å². The quantitative estimate of drug-likeness (QED) is 0.345. The number of nitrogens with zero attached hydrogens (tertiary/aromatic N) is 2. The van der Waals surface area contributed by atoms with E-state index in [-0.39, 0.29) is 11.7 Å². The molecule has 2 aromatic heterocycles. The summed E-state index contributed by atoms with van der Waals surface area (Å²) in [5.74, 6) is 0.944. The SMILES string of the molecule is CSCCCC(=O)c1cccc2[nH]c(NC(=O)c3cc4ccccc4cn3)nc12. The van der Waals surface area contributed by atoms with Gasteiger partial charge in [-0.05, 0) is 42.0 Å². The fourth-order valence-corrected chi connectivity index (χ4v) is 3.64. The average molecular weight is 404 g/mol. The number of imidazole rings is 1. The molecule has 0 atom stereocenters. The maximum atomic E-state index is 12.6. The van der Waals surface area contributed by atoms with E-state index in [2.05, 4.69) is 20.3 Å². The van der Waals surface area contributed by atoms with Crippen molar-refractivity contribution >= 4 is 51.2 Å². The van der Waals surface area contributed by atoms with E-state index in [1.165, 1.54) is 0 Å². The number of nitrogens with one attached hydrogen (secondary N) is 2. The Morgan fingerprint density at radius 3 is 2.76 bits per heavy atom. The zero-order valence-corrected chi connectivity index (χ0v) is 16.8. The minimum atomic E-state index is -0.359. The van der Waals surface area contributed by atoms with Crippen LogP contribution in [-0.4, -0.2) is 38.7 Å². The second-order valence-corrected chi connectivity index (χ2v) is 7.66. The summed E-state index contributed by atoms with van der Waals surface area (Å²) < 4.78 is 0. The summed E-state index contributed by atoms with van der Waals surface area (Å²) in [6.45, 7) is 0. The van der Waals surface area contributed by atoms with Gasteiger partial charge < -0.3 is 4.98 Å². The summed E-state index contributed by atoms with van der Waals surface area (Å²) in [5, 5.41) is 4.66. The van der Waals surface area contributed by atoms with Gasteiger partial charge in [-0.1, -0.05) is 30.3 Å². The number of ketones is 1. The number of rotatable bonds is 7. The van der Waals surface area contributed by atoms with Crippen molar-refractivity contribution in [1.82, 2.24) is 15.0 Å². The molecular weight excluding hydrogens is 384 g/mol. The van der Waals surface area contributed by atoms with Crippen LogP contribution in [0.4, 0.5) is 5.95 Å². The van der Waals surface area contributed by atoms with Crippen LogP contribution in [0, 0.1) is 0 Å². The lowest BCUT2D eigenvalue weighted by molar-refractivity contribution is 0.0982. The van der Waals surface area contributed by atoms with E-state index in [1.807, 2.05) is 42.7 Å². The van der Waals surface area contributed by atoms with E-state index in [4.69, 9.17) is 0 Å². The molecule has 1 amide bonds. The molecule has 146 valence electrons. The Balaban J connectivity index is 1.57. The molecule has 6 nitrogen and oxygen atoms in total. The van der Waals surface area contributed by atoms with Crippen molar-refractivity contribution < 1.29 is 9.59 Å². The Bertz CT molecular complexity index is 1200. The van der Waals surface area contributed by atoms with Gasteiger partial charge in [-0.2, -0.15) is 11.8 Å². The van der Waals surface area contributed by atoms with Gasteiger partial charge in [-0.25, -0.2) is 4.98 Å². The number of benzene rings is 2. The highest BCUT2D eigenvalue weighted by Gasteiger charge is 2.16. The van der Waals surface area contributed by atoms with Crippen molar-refractivity contribution in [2.45, 2.75) is 12.8 Å². The van der Waals surface area contributed by atoms with Crippen LogP contribution < -0.4 is 5.32 Å². The third-order valence-electron chi connectivity index (χ3n) is 4.66. The average Bonchev–Trinajstić information content (AvgIpc) is 3.15. The van der Waals surface area contributed by atoms with Crippen molar-refractivity contribution in [2.75, 3.05) is 17.3 Å². The zero-order chi connectivity index (χ0) is 20.2. The van der Waals surface area contributed by atoms with Crippen molar-refractivity contribution in [3.8, 4) is 0 Å². The Kier molecular flexibility index (Phi) is 5.57. The second kappa shape index (κ2) is 8.45. The summed E-state index contributed by atoms with van der Waals surface area (Å²) in [5.41, 5.74) is 2.16. The number of thioether (sulfide) groups is 1. The van der Waals surface area contributed by atoms with Gasteiger partial charge in [0.05, 0.1) is 5.52 Å². The maximum Gasteiger partial charge on any atom is 0.276 e. The van der Waals surface area contributed by atoms with Gasteiger partial charge in [0.2, 0.25) is 5.95 Å². The number of Topliss-reactive ketones (excluding diaryl/α,β-unsaturated/α-hetero) is 1. The van der Waals surface area contributed by atoms with Gasteiger partial charge >= 0.3 is 0 Å². The molecule has 29 heavy (non-hydrogen) atoms. The molecule has 0 spiro atoms. The highest BCUT2D eigenvalue weighted by atomic mass is 32.2. The van der Waals surface area contributed by atoms with Crippen LogP contribution in [0.3, 0.4) is 0 Å². The van der Waals surface area contributed by atoms with Gasteiger partial charge in [-0.15, -0.1) is 0 Å². The number of amides is 1. The van der Waals surface area contributed by atoms with E-state index in [1.54, 1.807) is 30.1 Å². The number of aromatic amines is 1. The number of para-hydroxylation sites is 1. The molecule has 0 saturated heterocycles. The van der Waals surface area contributed by atoms with Gasteiger partial charge in [0.1, 0.15) is 11.2 Å². The summed E-state index contributed by atoms with van der Waals surface area (Å²) in [6, 6.07) is 14.9. The lowest BCUT2D eigenvalue weighted by atomic mass is 10.1. The summed E-state index contributed by atoms with van der Waals surface area (Å²) >= 11 is 1.72. The molecule has 2 heterocycles. The Morgan fingerprint density at radius 1 is 1.10 bits per heavy atom. The normalized spacial score (nSPS) is 11.1. The van der Waals surface area contributed by atoms with Crippen LogP contribution >= 0.6 is 11.8 Å². The number of carbonyl (C=O) groups excluding carboxylic acids is 2. The summed E-state index contributed by atoms with van der Waals surface area (Å²) in [4.78, 5) is 36.9. The fraction of sp³-hybridized carbons (Fsp3) is 0.182. The summed E-state index contributed by atoms with van der Waals surface area (Å²) in [7, 11) is 0. The van der Waals surface area contributed by atoms with Crippen LogP contribution in [0.15, 0.2) is 54.7 Å². The number of H-pyrrole nitrogens is 1. The number of anilines is 1. The van der Waals surface area contributed by atoms with Crippen LogP contribution in [0.2, 0.25) is 0 Å². The monoisotopic (exact) mass is 404 g/mol. The molecule has 4 rings (SSSR count). The number of hydrogen-bond donors (Lipinski definition) is 2. The summed E-state index contributed by atoms with van der Waals surface area (Å²) in [6.07, 6.45) is 5.01. The molecule has 0 aliphatic heterocycles. The second-order valence-electron chi connectivity index (χ2n) is 6.68. The van der Waals surface area contributed by atoms with Crippen molar-refractivity contribution in [3.63, 3.8) is 0 Å². The molecule has 0 aliphatic rings. The van der Waals surface area contributed by atoms with Gasteiger partial charge in [0, 0.05) is 23.6 Å². The van der Waals surface area contributed by atoms with E-state index < -0.39 is 0 Å². The maximum absolute atomic E-state index is 12.6. The molecular formula is C22H20N4O2S. The Labute approximate surface area is 172 Å². The third kappa shape index (κ3) is 4.14. The predicted molar refractivity (Wildman–Crippen MR) is 118 cm³/mol. The first kappa shape index (κ1) is 19.1. The largest absolute Gasteiger partial charge is 0.324 e. The van der Waals surface area contributed by atoms with Crippen molar-refractivity contribution in [2.24, 2.45) is 0 Å². The number of carbonyl (C=O) groups is 2. The molecule has 0 unspecified atom stereocenters. The number of pyridine rings is 1. The highest BCUT2D eigenvalue weighted by Crippen LogP contribution is 2.21. The van der Waals surface area contributed by atoms with Crippen LogP contribution in [-0.2, 0) is 0 Å². The van der Waals surface area contributed by atoms with E-state index in [0.717, 1.165) is 22.9 Å². The Hall–Kier alpha value is -3.19. The predicted octanol–water partition coefficient (Wildman–Crippen LogP) is 4.69. The fourth-order valence-electron chi connectivity index (χ4n) is 3.21. The molecule has 4 aromatic rings. The molecule has 0 radical (unpaired) electrons. The molecule has 0 bridgehead atoms. The van der Waals surface area contributed by atoms with Crippen LogP contribution in [0.25, 0.3) is 21.8 Å². The molecule has 0 saturated carbocycles. The standard InChI is InChI=1S/C22H20N4O2S/c1-29-11-5-10-19(27)16-8-4-9-17-20(16)25-22(24-17)26-21(28)18-12-14-6-2-3-7-15(14)13-23-18/h2-4,6-9,12-13H,5,10-11H2,1H3,(H2,24,25,26,28). The lowest BCUT2D eigenvalue weighted by Gasteiger charge is -2.03. The molecule has 2 N–H and O–H groups in total. The van der Waals surface area contributed by atoms with Crippen molar-refractivity contribution in [3.05, 3.63) is 66.0 Å². The highest BCUT2D eigenvalue weighted by molar-refractivity contribution is 7.98. The van der Waals surface area contributed by atoms with Crippen LogP contribution in [0.5, 0.6) is 0 Å². The van der Waals surface area contributed by atoms with Crippen molar-refractivity contribution in [1.29, 1.82) is 0 Å². The molecule has 0 fully saturated rings. The smallest absolute Gasteiger partial charge is 0.276 e. The van der Waals surface area contributed by atoms with E-state index >= 15 is 0 Å². The zero-order valence-electron chi connectivity index (χ0n) is 15.9. The minimum Gasteiger partial charge on any atom is -0.324 e. The first-order valence-corrected chi connectivity index (χ1v) is 10.7. The molecule has 2 aromatic carbocycles. The first-order chi connectivity index (χ1) is 14.2. The van der Waals surface area contributed by atoms with Gasteiger partial charge in [0.15, 0.2) is 5.78 Å². The Morgan fingerprint density at radius 2 is 1.93 bits per heavy atom. The van der Waals surface area contributed by atoms with Gasteiger partial charge in [-0.3, -0.25) is 19.9 Å². The van der Waals surface area contributed by atoms with Gasteiger partial charge in [0.25, 0.3) is 5.91 Å². The topological polar surface area (TPSA) is 87.7 Å².